The average molecular weight is 374 g/mol. The molecular formula is C23H20NO4+. The molecule has 5 nitrogen and oxygen atoms in total. The SMILES string of the molecule is O=C1c2ccccc2C(=O)c2c1oc1c3c(ccc21)OC[NH+](C1CCCC1)C3. The van der Waals surface area contributed by atoms with Gasteiger partial charge in [0.15, 0.2) is 11.5 Å². The molecule has 140 valence electrons. The van der Waals surface area contributed by atoms with Crippen LogP contribution in [0, 0.1) is 0 Å². The van der Waals surface area contributed by atoms with Crippen LogP contribution in [0.15, 0.2) is 40.8 Å². The number of rotatable bonds is 1. The summed E-state index contributed by atoms with van der Waals surface area (Å²) < 4.78 is 12.1. The van der Waals surface area contributed by atoms with Crippen molar-refractivity contribution in [1.29, 1.82) is 0 Å². The number of hydrogen-bond acceptors (Lipinski definition) is 4. The van der Waals surface area contributed by atoms with Gasteiger partial charge in [-0.05, 0) is 37.8 Å². The van der Waals surface area contributed by atoms with Gasteiger partial charge < -0.3 is 9.15 Å². The Morgan fingerprint density at radius 3 is 2.46 bits per heavy atom. The Kier molecular flexibility index (Phi) is 3.32. The van der Waals surface area contributed by atoms with Gasteiger partial charge in [0.25, 0.3) is 0 Å². The van der Waals surface area contributed by atoms with E-state index in [-0.39, 0.29) is 17.3 Å². The smallest absolute Gasteiger partial charge is 0.229 e. The molecular weight excluding hydrogens is 354 g/mol. The Morgan fingerprint density at radius 2 is 1.68 bits per heavy atom. The first-order valence-electron chi connectivity index (χ1n) is 9.96. The lowest BCUT2D eigenvalue weighted by Gasteiger charge is -2.30. The Labute approximate surface area is 161 Å². The van der Waals surface area contributed by atoms with Gasteiger partial charge in [-0.3, -0.25) is 14.5 Å². The molecule has 3 aliphatic rings. The first-order valence-corrected chi connectivity index (χ1v) is 9.96. The van der Waals surface area contributed by atoms with Crippen LogP contribution in [0.1, 0.15) is 63.3 Å². The third-order valence-corrected chi connectivity index (χ3v) is 6.52. The molecule has 1 unspecified atom stereocenters. The molecule has 1 saturated carbocycles. The van der Waals surface area contributed by atoms with Gasteiger partial charge in [-0.15, -0.1) is 0 Å². The van der Waals surface area contributed by atoms with Gasteiger partial charge in [0.1, 0.15) is 17.9 Å². The second kappa shape index (κ2) is 5.79. The fourth-order valence-electron chi connectivity index (χ4n) is 5.07. The number of fused-ring (bicyclic) bond motifs is 6. The number of furan rings is 1. The van der Waals surface area contributed by atoms with E-state index in [1.807, 2.05) is 12.1 Å². The number of ketones is 2. The van der Waals surface area contributed by atoms with E-state index < -0.39 is 0 Å². The quantitative estimate of drug-likeness (QED) is 0.557. The molecule has 6 rings (SSSR count). The first-order chi connectivity index (χ1) is 13.7. The average Bonchev–Trinajstić information content (AvgIpc) is 3.40. The van der Waals surface area contributed by atoms with Gasteiger partial charge >= 0.3 is 0 Å². The summed E-state index contributed by atoms with van der Waals surface area (Å²) in [5.41, 5.74) is 2.88. The zero-order valence-electron chi connectivity index (χ0n) is 15.4. The highest BCUT2D eigenvalue weighted by Gasteiger charge is 2.38. The topological polar surface area (TPSA) is 61.0 Å². The number of carbonyl (C=O) groups excluding carboxylic acids is 2. The summed E-state index contributed by atoms with van der Waals surface area (Å²) in [6, 6.07) is 11.3. The van der Waals surface area contributed by atoms with Crippen molar-refractivity contribution in [2.75, 3.05) is 6.73 Å². The summed E-state index contributed by atoms with van der Waals surface area (Å²) >= 11 is 0. The number of hydrogen-bond donors (Lipinski definition) is 1. The summed E-state index contributed by atoms with van der Waals surface area (Å²) in [6.07, 6.45) is 5.01. The minimum absolute atomic E-state index is 0.138. The monoisotopic (exact) mass is 374 g/mol. The predicted molar refractivity (Wildman–Crippen MR) is 102 cm³/mol. The molecule has 0 saturated heterocycles. The lowest BCUT2D eigenvalue weighted by Crippen LogP contribution is -3.15. The molecule has 1 aliphatic heterocycles. The van der Waals surface area contributed by atoms with Crippen molar-refractivity contribution < 1.29 is 23.6 Å². The molecule has 0 spiro atoms. The van der Waals surface area contributed by atoms with Crippen molar-refractivity contribution >= 4 is 22.5 Å². The van der Waals surface area contributed by atoms with Crippen molar-refractivity contribution in [3.05, 3.63) is 64.4 Å². The number of benzene rings is 2. The van der Waals surface area contributed by atoms with Crippen molar-refractivity contribution in [3.8, 4) is 5.75 Å². The van der Waals surface area contributed by atoms with E-state index in [0.717, 1.165) is 23.2 Å². The zero-order valence-corrected chi connectivity index (χ0v) is 15.4. The molecule has 0 bridgehead atoms. The van der Waals surface area contributed by atoms with Crippen LogP contribution >= 0.6 is 0 Å². The molecule has 0 radical (unpaired) electrons. The second-order valence-electron chi connectivity index (χ2n) is 8.03. The lowest BCUT2D eigenvalue weighted by atomic mass is 9.87. The Hall–Kier alpha value is -2.92. The molecule has 5 heteroatoms. The third-order valence-electron chi connectivity index (χ3n) is 6.52. The normalized spacial score (nSPS) is 21.4. The molecule has 3 aromatic rings. The highest BCUT2D eigenvalue weighted by atomic mass is 16.5. The molecule has 2 heterocycles. The minimum atomic E-state index is -0.216. The number of quaternary nitrogens is 1. The van der Waals surface area contributed by atoms with Crippen LogP contribution in [-0.2, 0) is 6.54 Å². The standard InChI is InChI=1S/C23H19NO4/c25-20-14-7-3-4-8-15(14)21(26)23-19(20)16-9-10-18-17(22(16)28-23)11-24(12-27-18)13-5-1-2-6-13/h3-4,7-10,13H,1-2,5-6,11-12H2/p+1. The molecule has 0 amide bonds. The maximum Gasteiger partial charge on any atom is 0.229 e. The number of carbonyl (C=O) groups is 2. The largest absolute Gasteiger partial charge is 0.451 e. The van der Waals surface area contributed by atoms with Crippen molar-refractivity contribution in [2.24, 2.45) is 0 Å². The van der Waals surface area contributed by atoms with Crippen LogP contribution < -0.4 is 9.64 Å². The summed E-state index contributed by atoms with van der Waals surface area (Å²) in [5.74, 6) is 0.616. The summed E-state index contributed by atoms with van der Waals surface area (Å²) in [6.45, 7) is 1.46. The van der Waals surface area contributed by atoms with E-state index in [0.29, 0.717) is 35.0 Å². The van der Waals surface area contributed by atoms with Crippen LogP contribution in [-0.4, -0.2) is 24.3 Å². The molecule has 2 aliphatic carbocycles. The molecule has 1 fully saturated rings. The fraction of sp³-hybridized carbons (Fsp3) is 0.304. The number of ether oxygens (including phenoxy) is 1. The Bertz CT molecular complexity index is 1150. The highest BCUT2D eigenvalue weighted by molar-refractivity contribution is 6.31. The summed E-state index contributed by atoms with van der Waals surface area (Å²) in [7, 11) is 0. The van der Waals surface area contributed by atoms with E-state index in [9.17, 15) is 9.59 Å². The zero-order chi connectivity index (χ0) is 18.8. The van der Waals surface area contributed by atoms with Gasteiger partial charge in [0, 0.05) is 16.5 Å². The van der Waals surface area contributed by atoms with Crippen molar-refractivity contribution in [3.63, 3.8) is 0 Å². The molecule has 1 N–H and O–H groups in total. The van der Waals surface area contributed by atoms with E-state index in [2.05, 4.69) is 0 Å². The van der Waals surface area contributed by atoms with E-state index in [1.54, 1.807) is 24.3 Å². The van der Waals surface area contributed by atoms with E-state index in [4.69, 9.17) is 9.15 Å². The Balaban J connectivity index is 1.52. The van der Waals surface area contributed by atoms with Gasteiger partial charge in [-0.1, -0.05) is 24.3 Å². The predicted octanol–water partition coefficient (Wildman–Crippen LogP) is 2.89. The summed E-state index contributed by atoms with van der Waals surface area (Å²) in [5, 5.41) is 0.720. The summed E-state index contributed by atoms with van der Waals surface area (Å²) in [4.78, 5) is 27.5. The number of nitrogens with one attached hydrogen (secondary N) is 1. The lowest BCUT2D eigenvalue weighted by molar-refractivity contribution is -0.955. The second-order valence-corrected chi connectivity index (χ2v) is 8.03. The molecule has 28 heavy (non-hydrogen) atoms. The third kappa shape index (κ3) is 2.11. The maximum atomic E-state index is 13.1. The van der Waals surface area contributed by atoms with Gasteiger partial charge in [-0.2, -0.15) is 0 Å². The van der Waals surface area contributed by atoms with E-state index in [1.165, 1.54) is 30.6 Å². The molecule has 1 atom stereocenters. The first kappa shape index (κ1) is 16.1. The Morgan fingerprint density at radius 1 is 0.929 bits per heavy atom. The van der Waals surface area contributed by atoms with Crippen LogP contribution in [0.2, 0.25) is 0 Å². The van der Waals surface area contributed by atoms with Gasteiger partial charge in [0.2, 0.25) is 12.5 Å². The molecule has 1 aromatic heterocycles. The minimum Gasteiger partial charge on any atom is -0.451 e. The van der Waals surface area contributed by atoms with Crippen LogP contribution in [0.25, 0.3) is 11.0 Å². The maximum absolute atomic E-state index is 13.1. The molecule has 2 aromatic carbocycles. The van der Waals surface area contributed by atoms with Gasteiger partial charge in [-0.25, -0.2) is 0 Å². The van der Waals surface area contributed by atoms with Crippen LogP contribution in [0.4, 0.5) is 0 Å². The van der Waals surface area contributed by atoms with Crippen molar-refractivity contribution in [1.82, 2.24) is 0 Å². The van der Waals surface area contributed by atoms with Crippen LogP contribution in [0.3, 0.4) is 0 Å². The van der Waals surface area contributed by atoms with Gasteiger partial charge in [0.05, 0.1) is 17.2 Å². The van der Waals surface area contributed by atoms with E-state index >= 15 is 0 Å². The fourth-order valence-corrected chi connectivity index (χ4v) is 5.07. The van der Waals surface area contributed by atoms with Crippen LogP contribution in [0.5, 0.6) is 5.75 Å². The van der Waals surface area contributed by atoms with Crippen molar-refractivity contribution in [2.45, 2.75) is 38.3 Å². The highest BCUT2D eigenvalue weighted by Crippen LogP contribution is 2.39.